The van der Waals surface area contributed by atoms with Crippen molar-refractivity contribution in [2.45, 2.75) is 19.3 Å². The van der Waals surface area contributed by atoms with Gasteiger partial charge in [-0.15, -0.1) is 11.3 Å². The second-order valence-corrected chi connectivity index (χ2v) is 5.50. The summed E-state index contributed by atoms with van der Waals surface area (Å²) in [6.45, 7) is 6.33. The molecule has 0 amide bonds. The maximum Gasteiger partial charge on any atom is 0.0791 e. The summed E-state index contributed by atoms with van der Waals surface area (Å²) in [6, 6.07) is 0. The third kappa shape index (κ3) is 15.3. The maximum absolute atomic E-state index is 5.01. The minimum absolute atomic E-state index is 0.889. The van der Waals surface area contributed by atoms with Gasteiger partial charge in [0, 0.05) is 49.5 Å². The Kier molecular flexibility index (Phi) is 14.5. The standard InChI is InChI=1S/C5H11N.C4H4N2.C4H9NO.C3H3NS/c1-2-4-6-5-3-1;1-2-6-4-3-5-1;1-3-6-4-2-5-1;1-2-5-3-4-1/h6H,1-5H2;1-4H;5H,1-4H2;1-3H. The molecule has 0 atom stereocenters. The number of ether oxygens (including phenoxy) is 1. The van der Waals surface area contributed by atoms with Gasteiger partial charge in [0.1, 0.15) is 0 Å². The summed E-state index contributed by atoms with van der Waals surface area (Å²) in [5.74, 6) is 0. The van der Waals surface area contributed by atoms with Crippen LogP contribution in [0.2, 0.25) is 0 Å². The third-order valence-electron chi connectivity index (χ3n) is 2.88. The molecule has 4 heterocycles. The van der Waals surface area contributed by atoms with Crippen LogP contribution in [0.4, 0.5) is 0 Å². The lowest BCUT2D eigenvalue weighted by molar-refractivity contribution is 0.109. The molecule has 0 saturated carbocycles. The number of aromatic nitrogens is 3. The first-order valence-electron chi connectivity index (χ1n) is 8.01. The summed E-state index contributed by atoms with van der Waals surface area (Å²) in [6.07, 6.45) is 12.5. The Morgan fingerprint density at radius 1 is 0.696 bits per heavy atom. The number of thiazole rings is 1. The zero-order valence-corrected chi connectivity index (χ0v) is 14.4. The topological polar surface area (TPSA) is 72.0 Å². The van der Waals surface area contributed by atoms with E-state index in [-0.39, 0.29) is 0 Å². The molecule has 7 heteroatoms. The predicted molar refractivity (Wildman–Crippen MR) is 94.6 cm³/mol. The molecule has 0 unspecified atom stereocenters. The summed E-state index contributed by atoms with van der Waals surface area (Å²) >= 11 is 1.60. The van der Waals surface area contributed by atoms with Crippen LogP contribution in [0.5, 0.6) is 0 Å². The number of rotatable bonds is 0. The molecule has 2 aliphatic heterocycles. The Morgan fingerprint density at radius 2 is 1.30 bits per heavy atom. The largest absolute Gasteiger partial charge is 0.379 e. The van der Waals surface area contributed by atoms with E-state index in [0.29, 0.717) is 0 Å². The van der Waals surface area contributed by atoms with Crippen LogP contribution in [-0.2, 0) is 4.74 Å². The molecule has 2 aromatic rings. The van der Waals surface area contributed by atoms with Crippen molar-refractivity contribution in [3.63, 3.8) is 0 Å². The van der Waals surface area contributed by atoms with Crippen molar-refractivity contribution in [1.29, 1.82) is 0 Å². The summed E-state index contributed by atoms with van der Waals surface area (Å²) < 4.78 is 5.01. The van der Waals surface area contributed by atoms with Crippen LogP contribution in [0.25, 0.3) is 0 Å². The lowest BCUT2D eigenvalue weighted by Crippen LogP contribution is -2.30. The monoisotopic (exact) mass is 337 g/mol. The molecule has 2 aliphatic rings. The average Bonchev–Trinajstić information content (AvgIpc) is 3.27. The summed E-state index contributed by atoms with van der Waals surface area (Å²) in [5.41, 5.74) is 1.79. The first-order valence-corrected chi connectivity index (χ1v) is 8.95. The minimum atomic E-state index is 0.889. The molecule has 2 saturated heterocycles. The molecule has 0 radical (unpaired) electrons. The maximum atomic E-state index is 5.01. The normalized spacial score (nSPS) is 16.3. The molecule has 2 fully saturated rings. The first-order chi connectivity index (χ1) is 11.5. The Morgan fingerprint density at radius 3 is 1.48 bits per heavy atom. The van der Waals surface area contributed by atoms with Gasteiger partial charge in [0.25, 0.3) is 0 Å². The van der Waals surface area contributed by atoms with Gasteiger partial charge in [0.15, 0.2) is 0 Å². The van der Waals surface area contributed by atoms with E-state index in [4.69, 9.17) is 4.74 Å². The van der Waals surface area contributed by atoms with Gasteiger partial charge in [-0.1, -0.05) is 6.42 Å². The molecule has 0 aliphatic carbocycles. The first kappa shape index (κ1) is 19.6. The quantitative estimate of drug-likeness (QED) is 0.766. The molecule has 2 aromatic heterocycles. The van der Waals surface area contributed by atoms with E-state index in [1.54, 1.807) is 47.8 Å². The summed E-state index contributed by atoms with van der Waals surface area (Å²) in [5, 5.41) is 8.38. The van der Waals surface area contributed by atoms with E-state index in [1.165, 1.54) is 32.4 Å². The second-order valence-electron chi connectivity index (χ2n) is 4.74. The zero-order valence-electron chi connectivity index (χ0n) is 13.6. The SMILES string of the molecule is C1CCNCC1.C1COCCN1.c1cnccn1.c1cscn1. The molecule has 4 rings (SSSR count). The summed E-state index contributed by atoms with van der Waals surface area (Å²) in [4.78, 5) is 11.2. The molecule has 0 aromatic carbocycles. The zero-order chi connectivity index (χ0) is 16.3. The number of morpholine rings is 1. The predicted octanol–water partition coefficient (Wildman–Crippen LogP) is 1.99. The fraction of sp³-hybridized carbons (Fsp3) is 0.562. The molecule has 6 nitrogen and oxygen atoms in total. The van der Waals surface area contributed by atoms with Gasteiger partial charge in [0.05, 0.1) is 18.7 Å². The van der Waals surface area contributed by atoms with Crippen molar-refractivity contribution in [2.75, 3.05) is 39.4 Å². The van der Waals surface area contributed by atoms with Crippen molar-refractivity contribution < 1.29 is 4.74 Å². The third-order valence-corrected chi connectivity index (χ3v) is 3.40. The van der Waals surface area contributed by atoms with Crippen LogP contribution < -0.4 is 10.6 Å². The Balaban J connectivity index is 0.000000154. The van der Waals surface area contributed by atoms with Crippen molar-refractivity contribution in [3.8, 4) is 0 Å². The van der Waals surface area contributed by atoms with E-state index in [2.05, 4.69) is 25.6 Å². The Labute approximate surface area is 142 Å². The average molecular weight is 337 g/mol. The highest BCUT2D eigenvalue weighted by Crippen LogP contribution is 1.96. The fourth-order valence-corrected chi connectivity index (χ4v) is 2.10. The minimum Gasteiger partial charge on any atom is -0.379 e. The Hall–Kier alpha value is -1.41. The van der Waals surface area contributed by atoms with E-state index in [9.17, 15) is 0 Å². The van der Waals surface area contributed by atoms with E-state index >= 15 is 0 Å². The van der Waals surface area contributed by atoms with Gasteiger partial charge >= 0.3 is 0 Å². The molecular weight excluding hydrogens is 310 g/mol. The smallest absolute Gasteiger partial charge is 0.0791 e. The molecule has 0 bridgehead atoms. The fourth-order valence-electron chi connectivity index (χ4n) is 1.75. The van der Waals surface area contributed by atoms with E-state index < -0.39 is 0 Å². The van der Waals surface area contributed by atoms with Gasteiger partial charge < -0.3 is 15.4 Å². The van der Waals surface area contributed by atoms with Crippen LogP contribution in [0, 0.1) is 0 Å². The molecular formula is C16H27N5OS. The van der Waals surface area contributed by atoms with E-state index in [0.717, 1.165) is 26.3 Å². The van der Waals surface area contributed by atoms with Gasteiger partial charge in [-0.2, -0.15) is 0 Å². The van der Waals surface area contributed by atoms with Crippen molar-refractivity contribution in [2.24, 2.45) is 0 Å². The number of hydrogen-bond acceptors (Lipinski definition) is 7. The van der Waals surface area contributed by atoms with Crippen molar-refractivity contribution in [1.82, 2.24) is 25.6 Å². The highest BCUT2D eigenvalue weighted by atomic mass is 32.1. The highest BCUT2D eigenvalue weighted by molar-refractivity contribution is 7.07. The number of hydrogen-bond donors (Lipinski definition) is 2. The van der Waals surface area contributed by atoms with Crippen LogP contribution >= 0.6 is 11.3 Å². The molecule has 2 N–H and O–H groups in total. The van der Waals surface area contributed by atoms with Crippen molar-refractivity contribution >= 4 is 11.3 Å². The Bertz CT molecular complexity index is 329. The van der Waals surface area contributed by atoms with Crippen molar-refractivity contribution in [3.05, 3.63) is 41.9 Å². The molecule has 128 valence electrons. The highest BCUT2D eigenvalue weighted by Gasteiger charge is 1.94. The van der Waals surface area contributed by atoms with Crippen LogP contribution in [0.3, 0.4) is 0 Å². The lowest BCUT2D eigenvalue weighted by Gasteiger charge is -2.10. The molecule has 23 heavy (non-hydrogen) atoms. The second kappa shape index (κ2) is 17.0. The number of nitrogens with one attached hydrogen (secondary N) is 2. The summed E-state index contributed by atoms with van der Waals surface area (Å²) in [7, 11) is 0. The van der Waals surface area contributed by atoms with Crippen LogP contribution in [0.15, 0.2) is 41.9 Å². The number of piperidine rings is 1. The van der Waals surface area contributed by atoms with Gasteiger partial charge in [-0.25, -0.2) is 0 Å². The molecule has 0 spiro atoms. The number of nitrogens with zero attached hydrogens (tertiary/aromatic N) is 3. The van der Waals surface area contributed by atoms with Crippen LogP contribution in [0.1, 0.15) is 19.3 Å². The van der Waals surface area contributed by atoms with Gasteiger partial charge in [-0.05, 0) is 25.9 Å². The lowest BCUT2D eigenvalue weighted by atomic mass is 10.2. The van der Waals surface area contributed by atoms with Gasteiger partial charge in [0.2, 0.25) is 0 Å². The van der Waals surface area contributed by atoms with Crippen LogP contribution in [-0.4, -0.2) is 54.3 Å². The van der Waals surface area contributed by atoms with Gasteiger partial charge in [-0.3, -0.25) is 15.0 Å². The van der Waals surface area contributed by atoms with E-state index in [1.807, 2.05) is 5.38 Å².